The highest BCUT2D eigenvalue weighted by Gasteiger charge is 2.50. The minimum Gasteiger partial charge on any atom is -0.349 e. The number of hydrogen-bond acceptors (Lipinski definition) is 5. The van der Waals surface area contributed by atoms with Crippen molar-refractivity contribution < 1.29 is 27.6 Å². The van der Waals surface area contributed by atoms with Crippen molar-refractivity contribution in [1.82, 2.24) is 20.9 Å². The molecule has 2 aromatic carbocycles. The number of carbonyl (C=O) groups excluding carboxylic acids is 3. The lowest BCUT2D eigenvalue weighted by molar-refractivity contribution is -0.137. The molecule has 1 atom stereocenters. The zero-order chi connectivity index (χ0) is 24.7. The van der Waals surface area contributed by atoms with Gasteiger partial charge in [0.15, 0.2) is 5.54 Å². The van der Waals surface area contributed by atoms with E-state index in [9.17, 15) is 27.6 Å². The normalized spacial score (nSPS) is 17.9. The lowest BCUT2D eigenvalue weighted by Crippen LogP contribution is -2.53. The van der Waals surface area contributed by atoms with Crippen LogP contribution in [0.3, 0.4) is 0 Å². The Hall–Kier alpha value is -3.44. The lowest BCUT2D eigenvalue weighted by Gasteiger charge is -2.25. The summed E-state index contributed by atoms with van der Waals surface area (Å²) >= 11 is 7.36. The molecule has 0 bridgehead atoms. The summed E-state index contributed by atoms with van der Waals surface area (Å²) < 4.78 is 38.8. The van der Waals surface area contributed by atoms with Gasteiger partial charge in [-0.1, -0.05) is 23.7 Å². The van der Waals surface area contributed by atoms with Crippen LogP contribution in [0.2, 0.25) is 5.02 Å². The number of imide groups is 1. The summed E-state index contributed by atoms with van der Waals surface area (Å²) in [4.78, 5) is 42.5. The van der Waals surface area contributed by atoms with Crippen molar-refractivity contribution in [1.29, 1.82) is 0 Å². The van der Waals surface area contributed by atoms with Crippen molar-refractivity contribution in [3.05, 3.63) is 74.7 Å². The number of nitrogens with zero attached hydrogens (tertiary/aromatic N) is 1. The molecule has 1 aromatic heterocycles. The van der Waals surface area contributed by atoms with Crippen molar-refractivity contribution in [3.8, 4) is 11.1 Å². The molecule has 4 rings (SSSR count). The number of thiazole rings is 1. The molecule has 4 amide bonds. The van der Waals surface area contributed by atoms with Crippen LogP contribution < -0.4 is 16.0 Å². The average Bonchev–Trinajstić information content (AvgIpc) is 3.33. The predicted molar refractivity (Wildman–Crippen MR) is 119 cm³/mol. The van der Waals surface area contributed by atoms with E-state index in [-0.39, 0.29) is 17.1 Å². The van der Waals surface area contributed by atoms with Crippen LogP contribution in [0.5, 0.6) is 0 Å². The summed E-state index contributed by atoms with van der Waals surface area (Å²) in [6, 6.07) is 7.96. The third-order valence-electron chi connectivity index (χ3n) is 5.35. The number of carbonyl (C=O) groups is 3. The van der Waals surface area contributed by atoms with Gasteiger partial charge in [0.2, 0.25) is 0 Å². The van der Waals surface area contributed by atoms with Gasteiger partial charge in [-0.2, -0.15) is 13.2 Å². The zero-order valence-corrected chi connectivity index (χ0v) is 19.0. The first-order valence-electron chi connectivity index (χ1n) is 9.81. The van der Waals surface area contributed by atoms with Gasteiger partial charge in [0.25, 0.3) is 11.8 Å². The van der Waals surface area contributed by atoms with Gasteiger partial charge in [-0.3, -0.25) is 14.9 Å². The van der Waals surface area contributed by atoms with Gasteiger partial charge < -0.3 is 10.6 Å². The maximum atomic E-state index is 13.1. The van der Waals surface area contributed by atoms with E-state index < -0.39 is 35.1 Å². The Balaban J connectivity index is 1.65. The summed E-state index contributed by atoms with van der Waals surface area (Å²) in [5, 5.41) is 7.63. The maximum Gasteiger partial charge on any atom is 0.416 e. The second-order valence-corrected chi connectivity index (χ2v) is 9.01. The smallest absolute Gasteiger partial charge is 0.349 e. The van der Waals surface area contributed by atoms with Crippen LogP contribution in [-0.4, -0.2) is 29.4 Å². The molecule has 0 aliphatic carbocycles. The Bertz CT molecular complexity index is 1290. The second kappa shape index (κ2) is 8.73. The number of aryl methyl sites for hydroxylation is 1. The van der Waals surface area contributed by atoms with Crippen LogP contribution in [0.4, 0.5) is 18.0 Å². The second-order valence-electron chi connectivity index (χ2n) is 7.52. The summed E-state index contributed by atoms with van der Waals surface area (Å²) in [7, 11) is 0. The maximum absolute atomic E-state index is 13.1. The molecule has 1 unspecified atom stereocenters. The minimum absolute atomic E-state index is 0.124. The lowest BCUT2D eigenvalue weighted by atomic mass is 9.93. The highest BCUT2D eigenvalue weighted by molar-refractivity contribution is 7.09. The van der Waals surface area contributed by atoms with Gasteiger partial charge in [-0.15, -0.1) is 11.3 Å². The van der Waals surface area contributed by atoms with Crippen LogP contribution in [-0.2, 0) is 16.5 Å². The van der Waals surface area contributed by atoms with Crippen LogP contribution in [0, 0.1) is 6.92 Å². The van der Waals surface area contributed by atoms with E-state index in [0.29, 0.717) is 21.7 Å². The molecular formula is C22H16ClF3N4O3S. The molecule has 34 heavy (non-hydrogen) atoms. The van der Waals surface area contributed by atoms with Gasteiger partial charge in [-0.25, -0.2) is 9.78 Å². The van der Waals surface area contributed by atoms with E-state index in [2.05, 4.69) is 20.9 Å². The summed E-state index contributed by atoms with van der Waals surface area (Å²) in [6.45, 7) is 1.43. The van der Waals surface area contributed by atoms with E-state index in [1.54, 1.807) is 6.92 Å². The Morgan fingerprint density at radius 1 is 1.18 bits per heavy atom. The largest absolute Gasteiger partial charge is 0.416 e. The number of amides is 4. The number of urea groups is 1. The molecule has 3 N–H and O–H groups in total. The number of benzene rings is 2. The number of rotatable bonds is 5. The molecule has 0 radical (unpaired) electrons. The van der Waals surface area contributed by atoms with Crippen LogP contribution in [0.25, 0.3) is 11.1 Å². The standard InChI is InChI=1S/C22H16ClF3N4O3S/c1-11-17(28-10-34-11)21(19(32)29-20(33)30-21)9-27-18(31)15-7-6-14(23)8-16(15)12-2-4-13(5-3-12)22(24,25)26/h2-8,10H,9H2,1H3,(H,27,31)(H2,29,30,32,33). The fraction of sp³-hybridized carbons (Fsp3) is 0.182. The Morgan fingerprint density at radius 3 is 2.44 bits per heavy atom. The molecule has 2 heterocycles. The van der Waals surface area contributed by atoms with Crippen LogP contribution in [0.1, 0.15) is 26.5 Å². The zero-order valence-electron chi connectivity index (χ0n) is 17.4. The monoisotopic (exact) mass is 508 g/mol. The molecular weight excluding hydrogens is 493 g/mol. The molecule has 3 aromatic rings. The summed E-state index contributed by atoms with van der Waals surface area (Å²) in [5.74, 6) is -1.28. The first kappa shape index (κ1) is 23.7. The summed E-state index contributed by atoms with van der Waals surface area (Å²) in [6.07, 6.45) is -4.50. The molecule has 176 valence electrons. The van der Waals surface area contributed by atoms with E-state index >= 15 is 0 Å². The van der Waals surface area contributed by atoms with Crippen molar-refractivity contribution in [2.75, 3.05) is 6.54 Å². The number of aromatic nitrogens is 1. The third-order valence-corrected chi connectivity index (χ3v) is 6.35. The van der Waals surface area contributed by atoms with Crippen LogP contribution >= 0.6 is 22.9 Å². The number of alkyl halides is 3. The Morgan fingerprint density at radius 2 is 1.88 bits per heavy atom. The highest BCUT2D eigenvalue weighted by Crippen LogP contribution is 2.33. The van der Waals surface area contributed by atoms with E-state index in [0.717, 1.165) is 12.1 Å². The van der Waals surface area contributed by atoms with Gasteiger partial charge in [0.05, 0.1) is 23.3 Å². The van der Waals surface area contributed by atoms with Gasteiger partial charge in [0.1, 0.15) is 0 Å². The fourth-order valence-electron chi connectivity index (χ4n) is 3.68. The predicted octanol–water partition coefficient (Wildman–Crippen LogP) is 4.26. The van der Waals surface area contributed by atoms with Crippen molar-refractivity contribution in [2.24, 2.45) is 0 Å². The fourth-order valence-corrected chi connectivity index (χ4v) is 4.51. The highest BCUT2D eigenvalue weighted by atomic mass is 35.5. The molecule has 0 spiro atoms. The van der Waals surface area contributed by atoms with Crippen molar-refractivity contribution >= 4 is 40.8 Å². The molecule has 1 aliphatic rings. The van der Waals surface area contributed by atoms with E-state index in [1.807, 2.05) is 0 Å². The van der Waals surface area contributed by atoms with Gasteiger partial charge in [0, 0.05) is 15.5 Å². The van der Waals surface area contributed by atoms with E-state index in [1.165, 1.54) is 47.2 Å². The first-order valence-corrected chi connectivity index (χ1v) is 11.1. The third kappa shape index (κ3) is 4.36. The molecule has 0 saturated carbocycles. The van der Waals surface area contributed by atoms with Gasteiger partial charge >= 0.3 is 12.2 Å². The summed E-state index contributed by atoms with van der Waals surface area (Å²) in [5.41, 5.74) is 0.174. The van der Waals surface area contributed by atoms with Crippen molar-refractivity contribution in [2.45, 2.75) is 18.6 Å². The molecule has 1 fully saturated rings. The Kier molecular flexibility index (Phi) is 6.09. The SMILES string of the molecule is Cc1scnc1C1(CNC(=O)c2ccc(Cl)cc2-c2ccc(C(F)(F)F)cc2)NC(=O)NC1=O. The quantitative estimate of drug-likeness (QED) is 0.448. The number of hydrogen-bond donors (Lipinski definition) is 3. The van der Waals surface area contributed by atoms with Gasteiger partial charge in [-0.05, 0) is 48.4 Å². The Labute approximate surface area is 200 Å². The van der Waals surface area contributed by atoms with E-state index in [4.69, 9.17) is 11.6 Å². The molecule has 1 saturated heterocycles. The average molecular weight is 509 g/mol. The topological polar surface area (TPSA) is 100 Å². The molecule has 7 nitrogen and oxygen atoms in total. The number of halogens is 4. The molecule has 12 heteroatoms. The first-order chi connectivity index (χ1) is 16.0. The van der Waals surface area contributed by atoms with Crippen LogP contribution in [0.15, 0.2) is 48.0 Å². The minimum atomic E-state index is -4.50. The number of nitrogens with one attached hydrogen (secondary N) is 3. The van der Waals surface area contributed by atoms with Crippen molar-refractivity contribution in [3.63, 3.8) is 0 Å². The molecule has 1 aliphatic heterocycles.